The Morgan fingerprint density at radius 3 is 2.59 bits per heavy atom. The lowest BCUT2D eigenvalue weighted by Crippen LogP contribution is -2.28. The maximum absolute atomic E-state index is 13.3. The highest BCUT2D eigenvalue weighted by Gasteiger charge is 2.21. The molecule has 0 spiro atoms. The highest BCUT2D eigenvalue weighted by atomic mass is 32.2. The van der Waals surface area contributed by atoms with Crippen LogP contribution in [0.2, 0.25) is 0 Å². The van der Waals surface area contributed by atoms with Gasteiger partial charge in [0, 0.05) is 24.7 Å². The van der Waals surface area contributed by atoms with Gasteiger partial charge in [-0.2, -0.15) is 0 Å². The maximum Gasteiger partial charge on any atom is 0.273 e. The first-order chi connectivity index (χ1) is 13.0. The second kappa shape index (κ2) is 8.72. The summed E-state index contributed by atoms with van der Waals surface area (Å²) in [6.45, 7) is 4.56. The van der Waals surface area contributed by atoms with Crippen molar-refractivity contribution in [1.29, 1.82) is 0 Å². The second-order valence-corrected chi connectivity index (χ2v) is 7.14. The summed E-state index contributed by atoms with van der Waals surface area (Å²) in [5.74, 6) is 0.0689. The summed E-state index contributed by atoms with van der Waals surface area (Å²) in [4.78, 5) is 20.9. The molecule has 2 heterocycles. The quantitative estimate of drug-likeness (QED) is 0.496. The van der Waals surface area contributed by atoms with Gasteiger partial charge in [0.2, 0.25) is 0 Å². The van der Waals surface area contributed by atoms with Crippen LogP contribution >= 0.6 is 11.8 Å². The molecule has 3 aromatic rings. The van der Waals surface area contributed by atoms with Crippen LogP contribution in [0.3, 0.4) is 0 Å². The van der Waals surface area contributed by atoms with E-state index in [1.165, 1.54) is 23.9 Å². The van der Waals surface area contributed by atoms with E-state index in [0.717, 1.165) is 0 Å². The number of nitrogens with zero attached hydrogens (tertiary/aromatic N) is 5. The number of halogens is 1. The van der Waals surface area contributed by atoms with Crippen LogP contribution < -0.4 is 5.32 Å². The smallest absolute Gasteiger partial charge is 0.273 e. The summed E-state index contributed by atoms with van der Waals surface area (Å²) < 4.78 is 14.8. The number of benzene rings is 1. The molecule has 7 nitrogen and oxygen atoms in total. The Labute approximate surface area is 160 Å². The third-order valence-corrected chi connectivity index (χ3v) is 4.49. The Balaban J connectivity index is 1.90. The molecular weight excluding hydrogens is 367 g/mol. The van der Waals surface area contributed by atoms with Gasteiger partial charge < -0.3 is 5.32 Å². The molecule has 140 valence electrons. The van der Waals surface area contributed by atoms with E-state index in [1.807, 2.05) is 13.8 Å². The van der Waals surface area contributed by atoms with Crippen molar-refractivity contribution in [3.63, 3.8) is 0 Å². The van der Waals surface area contributed by atoms with E-state index in [1.54, 1.807) is 35.3 Å². The summed E-state index contributed by atoms with van der Waals surface area (Å²) in [5, 5.41) is 11.6. The number of hydrogen-bond acceptors (Lipinski definition) is 6. The second-order valence-electron chi connectivity index (χ2n) is 6.20. The SMILES string of the molecule is CC(C)CNC(=O)c1nnn(-c2ccc(F)cc2)c1CSc1ncccn1. The normalized spacial score (nSPS) is 11.0. The van der Waals surface area contributed by atoms with Gasteiger partial charge in [-0.25, -0.2) is 19.0 Å². The lowest BCUT2D eigenvalue weighted by Gasteiger charge is -2.09. The van der Waals surface area contributed by atoms with Crippen LogP contribution in [0.4, 0.5) is 4.39 Å². The number of rotatable bonds is 7. The molecule has 0 aliphatic carbocycles. The molecular formula is C18H19FN6OS. The van der Waals surface area contributed by atoms with Crippen molar-refractivity contribution in [2.45, 2.75) is 24.8 Å². The number of amides is 1. The van der Waals surface area contributed by atoms with Crippen molar-refractivity contribution in [1.82, 2.24) is 30.3 Å². The zero-order valence-electron chi connectivity index (χ0n) is 15.0. The third kappa shape index (κ3) is 4.88. The first kappa shape index (κ1) is 19.0. The fraction of sp³-hybridized carbons (Fsp3) is 0.278. The van der Waals surface area contributed by atoms with Gasteiger partial charge in [0.05, 0.1) is 11.4 Å². The van der Waals surface area contributed by atoms with E-state index < -0.39 is 0 Å². The summed E-state index contributed by atoms with van der Waals surface area (Å²) in [6, 6.07) is 7.60. The molecule has 2 aromatic heterocycles. The van der Waals surface area contributed by atoms with Crippen LogP contribution in [0.5, 0.6) is 0 Å². The van der Waals surface area contributed by atoms with Gasteiger partial charge in [0.15, 0.2) is 10.9 Å². The first-order valence-electron chi connectivity index (χ1n) is 8.43. The van der Waals surface area contributed by atoms with E-state index in [9.17, 15) is 9.18 Å². The minimum absolute atomic E-state index is 0.239. The van der Waals surface area contributed by atoms with Crippen molar-refractivity contribution in [2.75, 3.05) is 6.54 Å². The van der Waals surface area contributed by atoms with Gasteiger partial charge in [-0.05, 0) is 36.2 Å². The largest absolute Gasteiger partial charge is 0.350 e. The van der Waals surface area contributed by atoms with Crippen LogP contribution in [0.1, 0.15) is 30.0 Å². The predicted molar refractivity (Wildman–Crippen MR) is 100 cm³/mol. The van der Waals surface area contributed by atoms with Crippen LogP contribution in [-0.2, 0) is 5.75 Å². The summed E-state index contributed by atoms with van der Waals surface area (Å²) in [7, 11) is 0. The lowest BCUT2D eigenvalue weighted by atomic mass is 10.2. The van der Waals surface area contributed by atoms with Crippen LogP contribution in [0.25, 0.3) is 5.69 Å². The first-order valence-corrected chi connectivity index (χ1v) is 9.41. The van der Waals surface area contributed by atoms with Gasteiger partial charge in [0.1, 0.15) is 5.82 Å². The number of carbonyl (C=O) groups excluding carboxylic acids is 1. The van der Waals surface area contributed by atoms with Crippen molar-refractivity contribution in [3.8, 4) is 5.69 Å². The van der Waals surface area contributed by atoms with Gasteiger partial charge in [-0.15, -0.1) is 5.10 Å². The minimum Gasteiger partial charge on any atom is -0.350 e. The summed E-state index contributed by atoms with van der Waals surface area (Å²) >= 11 is 1.37. The van der Waals surface area contributed by atoms with Crippen molar-refractivity contribution >= 4 is 17.7 Å². The van der Waals surface area contributed by atoms with Crippen LogP contribution in [0.15, 0.2) is 47.9 Å². The van der Waals surface area contributed by atoms with Gasteiger partial charge in [-0.1, -0.05) is 30.8 Å². The van der Waals surface area contributed by atoms with Crippen molar-refractivity contribution in [2.24, 2.45) is 5.92 Å². The monoisotopic (exact) mass is 386 g/mol. The predicted octanol–water partition coefficient (Wildman–Crippen LogP) is 2.87. The molecule has 0 unspecified atom stereocenters. The Kier molecular flexibility index (Phi) is 6.12. The average Bonchev–Trinajstić information content (AvgIpc) is 3.10. The molecule has 0 aliphatic heterocycles. The van der Waals surface area contributed by atoms with E-state index in [4.69, 9.17) is 0 Å². The summed E-state index contributed by atoms with van der Waals surface area (Å²) in [5.41, 5.74) is 1.46. The summed E-state index contributed by atoms with van der Waals surface area (Å²) in [6.07, 6.45) is 3.31. The highest BCUT2D eigenvalue weighted by molar-refractivity contribution is 7.98. The van der Waals surface area contributed by atoms with Gasteiger partial charge >= 0.3 is 0 Å². The number of aromatic nitrogens is 5. The van der Waals surface area contributed by atoms with Crippen molar-refractivity contribution in [3.05, 3.63) is 59.9 Å². The molecule has 0 atom stereocenters. The fourth-order valence-corrected chi connectivity index (χ4v) is 3.07. The molecule has 1 aromatic carbocycles. The molecule has 1 N–H and O–H groups in total. The molecule has 0 saturated carbocycles. The maximum atomic E-state index is 13.3. The number of hydrogen-bond donors (Lipinski definition) is 1. The standard InChI is InChI=1S/C18H19FN6OS/c1-12(2)10-22-17(26)16-15(11-27-18-20-8-3-9-21-18)25(24-23-16)14-6-4-13(19)5-7-14/h3-9,12H,10-11H2,1-2H3,(H,22,26). The van der Waals surface area contributed by atoms with Gasteiger partial charge in [-0.3, -0.25) is 4.79 Å². The molecule has 0 radical (unpaired) electrons. The number of thioether (sulfide) groups is 1. The molecule has 0 fully saturated rings. The van der Waals surface area contributed by atoms with Crippen LogP contribution in [0, 0.1) is 11.7 Å². The van der Waals surface area contributed by atoms with Crippen LogP contribution in [-0.4, -0.2) is 37.4 Å². The Morgan fingerprint density at radius 1 is 1.22 bits per heavy atom. The topological polar surface area (TPSA) is 85.6 Å². The minimum atomic E-state index is -0.345. The molecule has 0 aliphatic rings. The Hall–Kier alpha value is -2.81. The molecule has 1 amide bonds. The molecule has 3 rings (SSSR count). The molecule has 0 bridgehead atoms. The Morgan fingerprint density at radius 2 is 1.93 bits per heavy atom. The molecule has 9 heteroatoms. The molecule has 27 heavy (non-hydrogen) atoms. The zero-order valence-corrected chi connectivity index (χ0v) is 15.8. The van der Waals surface area contributed by atoms with E-state index in [2.05, 4.69) is 25.6 Å². The number of nitrogens with one attached hydrogen (secondary N) is 1. The van der Waals surface area contributed by atoms with E-state index in [0.29, 0.717) is 34.8 Å². The Bertz CT molecular complexity index is 898. The van der Waals surface area contributed by atoms with E-state index in [-0.39, 0.29) is 17.4 Å². The lowest BCUT2D eigenvalue weighted by molar-refractivity contribution is 0.0943. The highest BCUT2D eigenvalue weighted by Crippen LogP contribution is 2.23. The zero-order chi connectivity index (χ0) is 19.2. The number of carbonyl (C=O) groups is 1. The third-order valence-electron chi connectivity index (χ3n) is 3.60. The van der Waals surface area contributed by atoms with Gasteiger partial charge in [0.25, 0.3) is 5.91 Å². The van der Waals surface area contributed by atoms with E-state index >= 15 is 0 Å². The van der Waals surface area contributed by atoms with Crippen molar-refractivity contribution < 1.29 is 9.18 Å². The average molecular weight is 386 g/mol. The fourth-order valence-electron chi connectivity index (χ4n) is 2.27. The molecule has 0 saturated heterocycles.